The van der Waals surface area contributed by atoms with Gasteiger partial charge in [-0.15, -0.1) is 0 Å². The van der Waals surface area contributed by atoms with Gasteiger partial charge in [0.15, 0.2) is 0 Å². The van der Waals surface area contributed by atoms with Gasteiger partial charge in [0.05, 0.1) is 12.2 Å². The zero-order chi connectivity index (χ0) is 13.0. The Labute approximate surface area is 109 Å². The van der Waals surface area contributed by atoms with Crippen molar-refractivity contribution in [2.24, 2.45) is 0 Å². The molecule has 1 aliphatic rings. The van der Waals surface area contributed by atoms with E-state index in [1.54, 1.807) is 0 Å². The molecule has 0 aliphatic carbocycles. The maximum Gasteiger partial charge on any atom is 0.225 e. The molecular weight excluding hydrogens is 228 g/mol. The standard InChI is InChI=1S/C13H22N4O/c1-4-14-5-12-6-15-13(16-7-12)17-8-10(2)18-11(3)9-17/h6-7,10-11,14H,4-5,8-9H2,1-3H3. The number of hydrogen-bond donors (Lipinski definition) is 1. The van der Waals surface area contributed by atoms with E-state index < -0.39 is 0 Å². The van der Waals surface area contributed by atoms with Crippen LogP contribution in [-0.2, 0) is 11.3 Å². The monoisotopic (exact) mass is 250 g/mol. The molecule has 1 aliphatic heterocycles. The molecule has 0 radical (unpaired) electrons. The maximum absolute atomic E-state index is 5.71. The highest BCUT2D eigenvalue weighted by atomic mass is 16.5. The van der Waals surface area contributed by atoms with Crippen LogP contribution in [0.5, 0.6) is 0 Å². The molecular formula is C13H22N4O. The molecule has 5 nitrogen and oxygen atoms in total. The summed E-state index contributed by atoms with van der Waals surface area (Å²) in [6.45, 7) is 9.76. The molecule has 2 heterocycles. The summed E-state index contributed by atoms with van der Waals surface area (Å²) in [5.41, 5.74) is 1.12. The molecule has 100 valence electrons. The van der Waals surface area contributed by atoms with Crippen molar-refractivity contribution in [1.82, 2.24) is 15.3 Å². The lowest BCUT2D eigenvalue weighted by atomic mass is 10.2. The SMILES string of the molecule is CCNCc1cnc(N2CC(C)OC(C)C2)nc1. The second-order valence-electron chi connectivity index (χ2n) is 4.83. The molecule has 1 N–H and O–H groups in total. The van der Waals surface area contributed by atoms with Crippen molar-refractivity contribution in [2.45, 2.75) is 39.5 Å². The van der Waals surface area contributed by atoms with Gasteiger partial charge < -0.3 is 15.0 Å². The fraction of sp³-hybridized carbons (Fsp3) is 0.692. The predicted molar refractivity (Wildman–Crippen MR) is 71.6 cm³/mol. The van der Waals surface area contributed by atoms with Gasteiger partial charge in [-0.3, -0.25) is 0 Å². The number of morpholine rings is 1. The third-order valence-corrected chi connectivity index (χ3v) is 2.97. The molecule has 0 saturated carbocycles. The minimum absolute atomic E-state index is 0.235. The lowest BCUT2D eigenvalue weighted by molar-refractivity contribution is -0.00572. The first-order valence-electron chi connectivity index (χ1n) is 6.61. The van der Waals surface area contributed by atoms with E-state index in [1.165, 1.54) is 0 Å². The smallest absolute Gasteiger partial charge is 0.225 e. The van der Waals surface area contributed by atoms with Crippen molar-refractivity contribution >= 4 is 5.95 Å². The van der Waals surface area contributed by atoms with E-state index in [1.807, 2.05) is 12.4 Å². The quantitative estimate of drug-likeness (QED) is 0.870. The van der Waals surface area contributed by atoms with E-state index in [2.05, 4.69) is 41.0 Å². The number of nitrogens with one attached hydrogen (secondary N) is 1. The molecule has 0 spiro atoms. The van der Waals surface area contributed by atoms with Gasteiger partial charge in [0.25, 0.3) is 0 Å². The van der Waals surface area contributed by atoms with Crippen LogP contribution < -0.4 is 10.2 Å². The number of rotatable bonds is 4. The lowest BCUT2D eigenvalue weighted by Gasteiger charge is -2.35. The minimum Gasteiger partial charge on any atom is -0.372 e. The molecule has 2 rings (SSSR count). The van der Waals surface area contributed by atoms with Crippen molar-refractivity contribution in [1.29, 1.82) is 0 Å². The Bertz CT molecular complexity index is 358. The zero-order valence-electron chi connectivity index (χ0n) is 11.4. The third kappa shape index (κ3) is 3.40. The van der Waals surface area contributed by atoms with Crippen molar-refractivity contribution in [3.63, 3.8) is 0 Å². The van der Waals surface area contributed by atoms with Gasteiger partial charge >= 0.3 is 0 Å². The molecule has 2 atom stereocenters. The van der Waals surface area contributed by atoms with Crippen LogP contribution in [0, 0.1) is 0 Å². The lowest BCUT2D eigenvalue weighted by Crippen LogP contribution is -2.46. The molecule has 2 unspecified atom stereocenters. The highest BCUT2D eigenvalue weighted by molar-refractivity contribution is 5.31. The van der Waals surface area contributed by atoms with Gasteiger partial charge in [0.1, 0.15) is 0 Å². The topological polar surface area (TPSA) is 50.3 Å². The van der Waals surface area contributed by atoms with Gasteiger partial charge in [0, 0.05) is 37.6 Å². The average molecular weight is 250 g/mol. The van der Waals surface area contributed by atoms with Crippen LogP contribution in [0.1, 0.15) is 26.3 Å². The molecule has 1 aromatic rings. The van der Waals surface area contributed by atoms with E-state index in [-0.39, 0.29) is 12.2 Å². The van der Waals surface area contributed by atoms with Gasteiger partial charge in [-0.1, -0.05) is 6.92 Å². The molecule has 5 heteroatoms. The molecule has 1 saturated heterocycles. The molecule has 0 aromatic carbocycles. The van der Waals surface area contributed by atoms with Crippen LogP contribution >= 0.6 is 0 Å². The first-order chi connectivity index (χ1) is 8.69. The van der Waals surface area contributed by atoms with E-state index >= 15 is 0 Å². The summed E-state index contributed by atoms with van der Waals surface area (Å²) in [7, 11) is 0. The van der Waals surface area contributed by atoms with Gasteiger partial charge in [-0.25, -0.2) is 9.97 Å². The second kappa shape index (κ2) is 6.11. The maximum atomic E-state index is 5.71. The van der Waals surface area contributed by atoms with Crippen molar-refractivity contribution in [2.75, 3.05) is 24.5 Å². The van der Waals surface area contributed by atoms with Gasteiger partial charge in [-0.2, -0.15) is 0 Å². The summed E-state index contributed by atoms with van der Waals surface area (Å²) in [6.07, 6.45) is 4.27. The number of ether oxygens (including phenoxy) is 1. The van der Waals surface area contributed by atoms with E-state index in [9.17, 15) is 0 Å². The Morgan fingerprint density at radius 1 is 1.28 bits per heavy atom. The first kappa shape index (κ1) is 13.2. The van der Waals surface area contributed by atoms with Crippen LogP contribution in [0.2, 0.25) is 0 Å². The Morgan fingerprint density at radius 3 is 2.44 bits per heavy atom. The summed E-state index contributed by atoms with van der Waals surface area (Å²) >= 11 is 0. The largest absolute Gasteiger partial charge is 0.372 e. The van der Waals surface area contributed by atoms with Crippen LogP contribution in [-0.4, -0.2) is 41.8 Å². The van der Waals surface area contributed by atoms with Gasteiger partial charge in [-0.05, 0) is 20.4 Å². The summed E-state index contributed by atoms with van der Waals surface area (Å²) in [5, 5.41) is 3.26. The average Bonchev–Trinajstić information content (AvgIpc) is 2.36. The normalized spacial score (nSPS) is 24.3. The van der Waals surface area contributed by atoms with Crippen molar-refractivity contribution < 1.29 is 4.74 Å². The van der Waals surface area contributed by atoms with Crippen LogP contribution in [0.4, 0.5) is 5.95 Å². The Balaban J connectivity index is 2.00. The fourth-order valence-electron chi connectivity index (χ4n) is 2.21. The molecule has 1 aromatic heterocycles. The third-order valence-electron chi connectivity index (χ3n) is 2.97. The summed E-state index contributed by atoms with van der Waals surface area (Å²) < 4.78 is 5.71. The highest BCUT2D eigenvalue weighted by Crippen LogP contribution is 2.16. The fourth-order valence-corrected chi connectivity index (χ4v) is 2.21. The van der Waals surface area contributed by atoms with Crippen LogP contribution in [0.3, 0.4) is 0 Å². The summed E-state index contributed by atoms with van der Waals surface area (Å²) in [6, 6.07) is 0. The summed E-state index contributed by atoms with van der Waals surface area (Å²) in [4.78, 5) is 11.1. The number of anilines is 1. The predicted octanol–water partition coefficient (Wildman–Crippen LogP) is 1.20. The Morgan fingerprint density at radius 2 is 1.89 bits per heavy atom. The number of hydrogen-bond acceptors (Lipinski definition) is 5. The summed E-state index contributed by atoms with van der Waals surface area (Å²) in [5.74, 6) is 0.803. The van der Waals surface area contributed by atoms with Crippen LogP contribution in [0.15, 0.2) is 12.4 Å². The molecule has 18 heavy (non-hydrogen) atoms. The molecule has 0 bridgehead atoms. The Kier molecular flexibility index (Phi) is 4.49. The first-order valence-corrected chi connectivity index (χ1v) is 6.61. The number of nitrogens with zero attached hydrogens (tertiary/aromatic N) is 3. The van der Waals surface area contributed by atoms with Crippen molar-refractivity contribution in [3.05, 3.63) is 18.0 Å². The van der Waals surface area contributed by atoms with E-state index in [0.717, 1.165) is 37.7 Å². The highest BCUT2D eigenvalue weighted by Gasteiger charge is 2.23. The van der Waals surface area contributed by atoms with Gasteiger partial charge in [0.2, 0.25) is 5.95 Å². The van der Waals surface area contributed by atoms with E-state index in [4.69, 9.17) is 4.74 Å². The Hall–Kier alpha value is -1.20. The second-order valence-corrected chi connectivity index (χ2v) is 4.83. The molecule has 0 amide bonds. The number of aromatic nitrogens is 2. The van der Waals surface area contributed by atoms with Crippen molar-refractivity contribution in [3.8, 4) is 0 Å². The van der Waals surface area contributed by atoms with E-state index in [0.29, 0.717) is 0 Å². The van der Waals surface area contributed by atoms with Crippen LogP contribution in [0.25, 0.3) is 0 Å². The zero-order valence-corrected chi connectivity index (χ0v) is 11.4. The minimum atomic E-state index is 0.235. The molecule has 1 fully saturated rings.